The number of nitrogens with one attached hydrogen (secondary N) is 3. The van der Waals surface area contributed by atoms with Crippen LogP contribution in [0.4, 0.5) is 14.9 Å². The summed E-state index contributed by atoms with van der Waals surface area (Å²) >= 11 is 0. The van der Waals surface area contributed by atoms with Gasteiger partial charge < -0.3 is 16.0 Å². The first kappa shape index (κ1) is 14.3. The van der Waals surface area contributed by atoms with E-state index in [0.29, 0.717) is 5.69 Å². The van der Waals surface area contributed by atoms with Gasteiger partial charge in [-0.25, -0.2) is 9.18 Å². The molecule has 3 amide bonds. The van der Waals surface area contributed by atoms with Crippen molar-refractivity contribution in [3.05, 3.63) is 30.1 Å². The molecule has 1 aromatic rings. The number of halogens is 1. The van der Waals surface area contributed by atoms with E-state index in [-0.39, 0.29) is 18.6 Å². The van der Waals surface area contributed by atoms with Gasteiger partial charge in [0.05, 0.1) is 6.54 Å². The van der Waals surface area contributed by atoms with Crippen molar-refractivity contribution in [2.45, 2.75) is 31.7 Å². The molecule has 1 saturated carbocycles. The van der Waals surface area contributed by atoms with Crippen LogP contribution in [0.5, 0.6) is 0 Å². The van der Waals surface area contributed by atoms with Gasteiger partial charge in [0, 0.05) is 11.7 Å². The van der Waals surface area contributed by atoms with Crippen molar-refractivity contribution >= 4 is 17.6 Å². The maximum absolute atomic E-state index is 12.9. The summed E-state index contributed by atoms with van der Waals surface area (Å²) in [5.41, 5.74) is 0.369. The maximum atomic E-state index is 12.9. The summed E-state index contributed by atoms with van der Waals surface area (Å²) in [4.78, 5) is 23.1. The minimum Gasteiger partial charge on any atom is -0.335 e. The summed E-state index contributed by atoms with van der Waals surface area (Å²) in [5.74, 6) is -0.813. The Morgan fingerprint density at radius 2 is 2.00 bits per heavy atom. The Balaban J connectivity index is 1.70. The molecule has 0 bridgehead atoms. The van der Waals surface area contributed by atoms with Crippen molar-refractivity contribution in [3.63, 3.8) is 0 Å². The second kappa shape index (κ2) is 6.88. The average molecular weight is 279 g/mol. The number of benzene rings is 1. The van der Waals surface area contributed by atoms with Crippen molar-refractivity contribution < 1.29 is 14.0 Å². The molecule has 0 spiro atoms. The Kier molecular flexibility index (Phi) is 4.92. The first-order chi connectivity index (χ1) is 9.63. The summed E-state index contributed by atoms with van der Waals surface area (Å²) in [5, 5.41) is 7.82. The molecule has 1 aliphatic rings. The van der Waals surface area contributed by atoms with Crippen LogP contribution in [0.15, 0.2) is 24.3 Å². The fraction of sp³-hybridized carbons (Fsp3) is 0.429. The molecule has 3 N–H and O–H groups in total. The van der Waals surface area contributed by atoms with Crippen LogP contribution in [-0.2, 0) is 4.79 Å². The molecular weight excluding hydrogens is 261 g/mol. The number of hydrogen-bond donors (Lipinski definition) is 3. The van der Waals surface area contributed by atoms with Crippen molar-refractivity contribution in [2.75, 3.05) is 11.9 Å². The summed E-state index contributed by atoms with van der Waals surface area (Å²) in [6, 6.07) is 5.47. The Morgan fingerprint density at radius 1 is 1.25 bits per heavy atom. The SMILES string of the molecule is O=C(CNC(=O)NC1CCCC1)Nc1cccc(F)c1. The third-order valence-corrected chi connectivity index (χ3v) is 3.21. The van der Waals surface area contributed by atoms with Crippen LogP contribution < -0.4 is 16.0 Å². The largest absolute Gasteiger partial charge is 0.335 e. The van der Waals surface area contributed by atoms with E-state index in [4.69, 9.17) is 0 Å². The molecular formula is C14H18FN3O2. The average Bonchev–Trinajstić information content (AvgIpc) is 2.89. The molecule has 20 heavy (non-hydrogen) atoms. The number of carbonyl (C=O) groups is 2. The molecule has 6 heteroatoms. The lowest BCUT2D eigenvalue weighted by Crippen LogP contribution is -2.43. The van der Waals surface area contributed by atoms with Crippen molar-refractivity contribution in [1.82, 2.24) is 10.6 Å². The molecule has 0 atom stereocenters. The highest BCUT2D eigenvalue weighted by Crippen LogP contribution is 2.17. The number of carbonyl (C=O) groups excluding carboxylic acids is 2. The van der Waals surface area contributed by atoms with E-state index in [2.05, 4.69) is 16.0 Å². The standard InChI is InChI=1S/C14H18FN3O2/c15-10-4-3-7-12(8-10)17-13(19)9-16-14(20)18-11-5-1-2-6-11/h3-4,7-8,11H,1-2,5-6,9H2,(H,17,19)(H2,16,18,20). The fourth-order valence-corrected chi connectivity index (χ4v) is 2.24. The number of amides is 3. The molecule has 0 radical (unpaired) electrons. The van der Waals surface area contributed by atoms with E-state index in [1.807, 2.05) is 0 Å². The molecule has 2 rings (SSSR count). The summed E-state index contributed by atoms with van der Waals surface area (Å²) in [6.45, 7) is -0.144. The lowest BCUT2D eigenvalue weighted by atomic mass is 10.2. The van der Waals surface area contributed by atoms with Crippen molar-refractivity contribution in [2.24, 2.45) is 0 Å². The number of hydrogen-bond acceptors (Lipinski definition) is 2. The number of rotatable bonds is 4. The first-order valence-electron chi connectivity index (χ1n) is 6.73. The second-order valence-corrected chi connectivity index (χ2v) is 4.87. The zero-order chi connectivity index (χ0) is 14.4. The van der Waals surface area contributed by atoms with Gasteiger partial charge in [-0.1, -0.05) is 18.9 Å². The van der Waals surface area contributed by atoms with E-state index >= 15 is 0 Å². The van der Waals surface area contributed by atoms with Crippen molar-refractivity contribution in [1.29, 1.82) is 0 Å². The van der Waals surface area contributed by atoms with Crippen LogP contribution in [0.25, 0.3) is 0 Å². The van der Waals surface area contributed by atoms with E-state index in [1.165, 1.54) is 18.2 Å². The van der Waals surface area contributed by atoms with Gasteiger partial charge in [-0.15, -0.1) is 0 Å². The minimum absolute atomic E-state index is 0.144. The van der Waals surface area contributed by atoms with Crippen molar-refractivity contribution in [3.8, 4) is 0 Å². The smallest absolute Gasteiger partial charge is 0.315 e. The Hall–Kier alpha value is -2.11. The lowest BCUT2D eigenvalue weighted by Gasteiger charge is -2.12. The van der Waals surface area contributed by atoms with Gasteiger partial charge in [-0.05, 0) is 31.0 Å². The van der Waals surface area contributed by atoms with Gasteiger partial charge in [-0.2, -0.15) is 0 Å². The molecule has 1 fully saturated rings. The van der Waals surface area contributed by atoms with E-state index in [9.17, 15) is 14.0 Å². The third kappa shape index (κ3) is 4.53. The highest BCUT2D eigenvalue weighted by molar-refractivity contribution is 5.94. The number of urea groups is 1. The molecule has 0 aliphatic heterocycles. The molecule has 0 saturated heterocycles. The fourth-order valence-electron chi connectivity index (χ4n) is 2.24. The van der Waals surface area contributed by atoms with Crippen LogP contribution in [0.2, 0.25) is 0 Å². The molecule has 1 aliphatic carbocycles. The summed E-state index contributed by atoms with van der Waals surface area (Å²) in [7, 11) is 0. The Morgan fingerprint density at radius 3 is 2.70 bits per heavy atom. The van der Waals surface area contributed by atoms with E-state index in [1.54, 1.807) is 6.07 Å². The van der Waals surface area contributed by atoms with Crippen LogP contribution >= 0.6 is 0 Å². The molecule has 108 valence electrons. The molecule has 0 heterocycles. The molecule has 1 aromatic carbocycles. The highest BCUT2D eigenvalue weighted by Gasteiger charge is 2.17. The van der Waals surface area contributed by atoms with Crippen LogP contribution in [-0.4, -0.2) is 24.5 Å². The number of anilines is 1. The van der Waals surface area contributed by atoms with Crippen LogP contribution in [0, 0.1) is 5.82 Å². The van der Waals surface area contributed by atoms with Gasteiger partial charge in [0.15, 0.2) is 0 Å². The highest BCUT2D eigenvalue weighted by atomic mass is 19.1. The zero-order valence-corrected chi connectivity index (χ0v) is 11.1. The van der Waals surface area contributed by atoms with Gasteiger partial charge in [0.2, 0.25) is 5.91 Å². The minimum atomic E-state index is -0.422. The van der Waals surface area contributed by atoms with Gasteiger partial charge >= 0.3 is 6.03 Å². The quantitative estimate of drug-likeness (QED) is 0.789. The molecule has 0 unspecified atom stereocenters. The topological polar surface area (TPSA) is 70.2 Å². The van der Waals surface area contributed by atoms with Gasteiger partial charge in [0.1, 0.15) is 5.82 Å². The third-order valence-electron chi connectivity index (χ3n) is 3.21. The Bertz CT molecular complexity index is 487. The monoisotopic (exact) mass is 279 g/mol. The first-order valence-corrected chi connectivity index (χ1v) is 6.73. The van der Waals surface area contributed by atoms with Crippen LogP contribution in [0.3, 0.4) is 0 Å². The second-order valence-electron chi connectivity index (χ2n) is 4.87. The predicted octanol–water partition coefficient (Wildman–Crippen LogP) is 2.01. The maximum Gasteiger partial charge on any atom is 0.315 e. The zero-order valence-electron chi connectivity index (χ0n) is 11.1. The van der Waals surface area contributed by atoms with Gasteiger partial charge in [0.25, 0.3) is 0 Å². The predicted molar refractivity (Wildman–Crippen MR) is 73.8 cm³/mol. The lowest BCUT2D eigenvalue weighted by molar-refractivity contribution is -0.115. The van der Waals surface area contributed by atoms with E-state index in [0.717, 1.165) is 25.7 Å². The normalized spacial score (nSPS) is 14.8. The summed E-state index contributed by atoms with van der Waals surface area (Å²) in [6.07, 6.45) is 4.24. The molecule has 0 aromatic heterocycles. The molecule has 5 nitrogen and oxygen atoms in total. The van der Waals surface area contributed by atoms with Gasteiger partial charge in [-0.3, -0.25) is 4.79 Å². The van der Waals surface area contributed by atoms with E-state index < -0.39 is 11.7 Å². The summed E-state index contributed by atoms with van der Waals surface area (Å²) < 4.78 is 12.9. The van der Waals surface area contributed by atoms with Crippen LogP contribution in [0.1, 0.15) is 25.7 Å². The Labute approximate surface area is 116 Å².